The Hall–Kier alpha value is -2.31. The summed E-state index contributed by atoms with van der Waals surface area (Å²) in [7, 11) is -3.66. The topological polar surface area (TPSA) is 172 Å². The molecule has 14 heteroatoms. The van der Waals surface area contributed by atoms with Gasteiger partial charge in [0, 0.05) is 33.2 Å². The Kier molecular flexibility index (Phi) is 6.91. The highest BCUT2D eigenvalue weighted by Crippen LogP contribution is 2.48. The van der Waals surface area contributed by atoms with E-state index >= 15 is 0 Å². The zero-order valence-corrected chi connectivity index (χ0v) is 16.0. The van der Waals surface area contributed by atoms with Crippen molar-refractivity contribution in [2.75, 3.05) is 13.7 Å². The molecule has 2 rings (SSSR count). The van der Waals surface area contributed by atoms with E-state index in [1.54, 1.807) is 0 Å². The first-order chi connectivity index (χ1) is 13.0. The maximum atomic E-state index is 12.1. The molecule has 0 amide bonds. The molecule has 28 heavy (non-hydrogen) atoms. The number of nitrogens with zero attached hydrogens (tertiary/aromatic N) is 1. The Labute approximate surface area is 157 Å². The molecule has 1 aromatic heterocycles. The van der Waals surface area contributed by atoms with Crippen LogP contribution in [0.2, 0.25) is 0 Å². The average molecular weight is 422 g/mol. The minimum atomic E-state index is -4.58. The molecule has 2 N–H and O–H groups in total. The molecular weight excluding hydrogens is 403 g/mol. The van der Waals surface area contributed by atoms with E-state index in [1.165, 1.54) is 0 Å². The van der Waals surface area contributed by atoms with Crippen molar-refractivity contribution in [3.8, 4) is 0 Å². The lowest BCUT2D eigenvalue weighted by molar-refractivity contribution is -0.155. The number of nitrogens with one attached hydrogen (secondary N) is 1. The standard InChI is InChI=1S/C14H19N2O11P/c1-7(17)24-6-9-11(27-28(21,22)23-3)12(25-8(2)18)13(26-9)16-5-4-10(19)15-14(16)20/h4-5,9,11-13H,6H2,1-3H3,(H,21,22)(H,15,19,20)/t9-,11-,12-,13-/m1/s1. The third-order valence-corrected chi connectivity index (χ3v) is 4.62. The molecular formula is C14H19N2O11P. The third-order valence-electron chi connectivity index (χ3n) is 3.65. The lowest BCUT2D eigenvalue weighted by Crippen LogP contribution is -2.41. The van der Waals surface area contributed by atoms with Crippen molar-refractivity contribution in [1.82, 2.24) is 9.55 Å². The molecule has 1 fully saturated rings. The van der Waals surface area contributed by atoms with Crippen LogP contribution in [0.15, 0.2) is 21.9 Å². The molecule has 0 saturated carbocycles. The van der Waals surface area contributed by atoms with Crippen LogP contribution in [-0.2, 0) is 37.4 Å². The number of ether oxygens (including phenoxy) is 3. The number of aromatic amines is 1. The first-order valence-electron chi connectivity index (χ1n) is 7.88. The highest BCUT2D eigenvalue weighted by molar-refractivity contribution is 7.47. The minimum Gasteiger partial charge on any atom is -0.463 e. The molecule has 1 unspecified atom stereocenters. The molecule has 2 heterocycles. The number of rotatable bonds is 7. The van der Waals surface area contributed by atoms with Gasteiger partial charge in [-0.3, -0.25) is 33.0 Å². The van der Waals surface area contributed by atoms with Gasteiger partial charge in [-0.1, -0.05) is 0 Å². The molecule has 0 bridgehead atoms. The molecule has 156 valence electrons. The van der Waals surface area contributed by atoms with E-state index in [4.69, 9.17) is 18.7 Å². The Bertz CT molecular complexity index is 894. The van der Waals surface area contributed by atoms with E-state index in [2.05, 4.69) is 4.52 Å². The number of carbonyl (C=O) groups is 2. The zero-order valence-electron chi connectivity index (χ0n) is 15.1. The van der Waals surface area contributed by atoms with E-state index in [0.29, 0.717) is 0 Å². The zero-order chi connectivity index (χ0) is 21.1. The van der Waals surface area contributed by atoms with Crippen LogP contribution in [0, 0.1) is 0 Å². The van der Waals surface area contributed by atoms with Crippen LogP contribution in [0.25, 0.3) is 0 Å². The molecule has 13 nitrogen and oxygen atoms in total. The van der Waals surface area contributed by atoms with Gasteiger partial charge in [-0.05, 0) is 0 Å². The van der Waals surface area contributed by atoms with Crippen molar-refractivity contribution in [3.63, 3.8) is 0 Å². The number of phosphoric acid groups is 1. The Balaban J connectivity index is 2.46. The monoisotopic (exact) mass is 422 g/mol. The summed E-state index contributed by atoms with van der Waals surface area (Å²) in [5.41, 5.74) is -1.56. The Morgan fingerprint density at radius 2 is 1.96 bits per heavy atom. The fourth-order valence-electron chi connectivity index (χ4n) is 2.53. The maximum absolute atomic E-state index is 12.1. The predicted molar refractivity (Wildman–Crippen MR) is 89.1 cm³/mol. The van der Waals surface area contributed by atoms with Crippen LogP contribution in [0.5, 0.6) is 0 Å². The van der Waals surface area contributed by atoms with Gasteiger partial charge in [0.25, 0.3) is 5.56 Å². The number of carbonyl (C=O) groups excluding carboxylic acids is 2. The molecule has 0 aliphatic carbocycles. The van der Waals surface area contributed by atoms with Gasteiger partial charge in [-0.15, -0.1) is 0 Å². The molecule has 1 aromatic rings. The fraction of sp³-hybridized carbons (Fsp3) is 0.571. The van der Waals surface area contributed by atoms with Crippen molar-refractivity contribution >= 4 is 19.8 Å². The SMILES string of the molecule is COP(=O)(O)O[C@H]1[C@@H](OC(C)=O)[C@H](n2ccc(=O)[nH]c2=O)O[C@@H]1COC(C)=O. The Morgan fingerprint density at radius 3 is 2.50 bits per heavy atom. The van der Waals surface area contributed by atoms with Crippen LogP contribution >= 0.6 is 7.82 Å². The Morgan fingerprint density at radius 1 is 1.29 bits per heavy atom. The van der Waals surface area contributed by atoms with E-state index in [1.807, 2.05) is 4.98 Å². The summed E-state index contributed by atoms with van der Waals surface area (Å²) in [5, 5.41) is 0. The van der Waals surface area contributed by atoms with Gasteiger partial charge < -0.3 is 19.1 Å². The predicted octanol–water partition coefficient (Wildman–Crippen LogP) is -0.939. The van der Waals surface area contributed by atoms with Crippen LogP contribution in [0.1, 0.15) is 20.1 Å². The second-order valence-corrected chi connectivity index (χ2v) is 7.19. The third kappa shape index (κ3) is 5.36. The van der Waals surface area contributed by atoms with E-state index < -0.39 is 62.2 Å². The summed E-state index contributed by atoms with van der Waals surface area (Å²) in [5.74, 6) is -1.47. The number of phosphoric ester groups is 1. The highest BCUT2D eigenvalue weighted by atomic mass is 31.2. The summed E-state index contributed by atoms with van der Waals surface area (Å²) in [6.45, 7) is 1.76. The summed E-state index contributed by atoms with van der Waals surface area (Å²) in [4.78, 5) is 57.7. The summed E-state index contributed by atoms with van der Waals surface area (Å²) < 4.78 is 37.8. The van der Waals surface area contributed by atoms with Gasteiger partial charge in [-0.25, -0.2) is 9.36 Å². The summed E-state index contributed by atoms with van der Waals surface area (Å²) >= 11 is 0. The normalized spacial score (nSPS) is 26.4. The van der Waals surface area contributed by atoms with Crippen molar-refractivity contribution in [2.45, 2.75) is 38.4 Å². The average Bonchev–Trinajstić information content (AvgIpc) is 2.89. The second-order valence-electron chi connectivity index (χ2n) is 5.68. The lowest BCUT2D eigenvalue weighted by atomic mass is 10.1. The van der Waals surface area contributed by atoms with Crippen molar-refractivity contribution < 1.29 is 42.3 Å². The van der Waals surface area contributed by atoms with Crippen molar-refractivity contribution in [2.24, 2.45) is 0 Å². The smallest absolute Gasteiger partial charge is 0.463 e. The van der Waals surface area contributed by atoms with Gasteiger partial charge in [0.05, 0.1) is 0 Å². The lowest BCUT2D eigenvalue weighted by Gasteiger charge is -2.25. The van der Waals surface area contributed by atoms with Gasteiger partial charge in [0.1, 0.15) is 18.8 Å². The number of esters is 2. The van der Waals surface area contributed by atoms with Gasteiger partial charge >= 0.3 is 25.5 Å². The number of H-pyrrole nitrogens is 1. The van der Waals surface area contributed by atoms with Crippen LogP contribution < -0.4 is 11.2 Å². The molecule has 0 spiro atoms. The minimum absolute atomic E-state index is 0.434. The van der Waals surface area contributed by atoms with Crippen LogP contribution in [0.4, 0.5) is 0 Å². The quantitative estimate of drug-likeness (QED) is 0.410. The highest BCUT2D eigenvalue weighted by Gasteiger charge is 2.52. The molecule has 0 radical (unpaired) electrons. The van der Waals surface area contributed by atoms with Crippen LogP contribution in [0.3, 0.4) is 0 Å². The van der Waals surface area contributed by atoms with E-state index in [0.717, 1.165) is 37.8 Å². The number of hydrogen-bond acceptors (Lipinski definition) is 10. The van der Waals surface area contributed by atoms with E-state index in [-0.39, 0.29) is 0 Å². The molecule has 5 atom stereocenters. The molecule has 0 aromatic carbocycles. The maximum Gasteiger partial charge on any atom is 0.472 e. The number of aromatic nitrogens is 2. The van der Waals surface area contributed by atoms with Crippen molar-refractivity contribution in [3.05, 3.63) is 33.1 Å². The summed E-state index contributed by atoms with van der Waals surface area (Å²) in [6, 6.07) is 1.02. The van der Waals surface area contributed by atoms with Crippen molar-refractivity contribution in [1.29, 1.82) is 0 Å². The summed E-state index contributed by atoms with van der Waals surface area (Å²) in [6.07, 6.45) is -4.31. The first-order valence-corrected chi connectivity index (χ1v) is 9.38. The largest absolute Gasteiger partial charge is 0.472 e. The van der Waals surface area contributed by atoms with Crippen LogP contribution in [-0.4, -0.2) is 58.4 Å². The number of hydrogen-bond donors (Lipinski definition) is 2. The molecule has 1 saturated heterocycles. The fourth-order valence-corrected chi connectivity index (χ4v) is 3.18. The van der Waals surface area contributed by atoms with Gasteiger partial charge in [-0.2, -0.15) is 0 Å². The van der Waals surface area contributed by atoms with E-state index in [9.17, 15) is 28.6 Å². The second kappa shape index (κ2) is 8.80. The molecule has 1 aliphatic heterocycles. The van der Waals surface area contributed by atoms with Gasteiger partial charge in [0.2, 0.25) is 0 Å². The first kappa shape index (κ1) is 22.0. The molecule has 1 aliphatic rings. The van der Waals surface area contributed by atoms with Gasteiger partial charge in [0.15, 0.2) is 12.3 Å².